The smallest absolute Gasteiger partial charge is 0.151 e. The second-order valence-electron chi connectivity index (χ2n) is 3.93. The maximum Gasteiger partial charge on any atom is 0.151 e. The zero-order valence-electron chi connectivity index (χ0n) is 10.5. The van der Waals surface area contributed by atoms with Gasteiger partial charge in [-0.15, -0.1) is 0 Å². The summed E-state index contributed by atoms with van der Waals surface area (Å²) in [4.78, 5) is 4.34. The van der Waals surface area contributed by atoms with Gasteiger partial charge in [-0.25, -0.2) is 4.98 Å². The molecule has 2 rings (SSSR count). The fraction of sp³-hybridized carbons (Fsp3) is 0.154. The zero-order valence-corrected chi connectivity index (χ0v) is 13.5. The molecule has 0 atom stereocenters. The molecule has 1 aromatic carbocycles. The van der Waals surface area contributed by atoms with Crippen LogP contribution in [0.3, 0.4) is 0 Å². The van der Waals surface area contributed by atoms with Crippen molar-refractivity contribution < 1.29 is 0 Å². The number of benzene rings is 1. The molecular weight excluding hydrogens is 340 g/mol. The van der Waals surface area contributed by atoms with Gasteiger partial charge in [0.25, 0.3) is 0 Å². The van der Waals surface area contributed by atoms with Crippen molar-refractivity contribution in [1.82, 2.24) is 4.98 Å². The van der Waals surface area contributed by atoms with Gasteiger partial charge >= 0.3 is 0 Å². The average Bonchev–Trinajstić information content (AvgIpc) is 2.38. The van der Waals surface area contributed by atoms with Crippen LogP contribution in [-0.4, -0.2) is 11.5 Å². The van der Waals surface area contributed by atoms with Crippen molar-refractivity contribution in [2.75, 3.05) is 17.2 Å². The molecule has 2 aromatic rings. The molecule has 7 heteroatoms. The third-order valence-corrected chi connectivity index (χ3v) is 3.58. The Morgan fingerprint density at radius 1 is 0.950 bits per heavy atom. The number of nitrogens with one attached hydrogen (secondary N) is 2. The van der Waals surface area contributed by atoms with Crippen molar-refractivity contribution in [2.45, 2.75) is 6.92 Å². The van der Waals surface area contributed by atoms with Crippen molar-refractivity contribution in [3.05, 3.63) is 44.4 Å². The highest BCUT2D eigenvalue weighted by Gasteiger charge is 2.10. The standard InChI is InChI=1S/C13H11Cl4N3/c1-2-18-12-9(16)6-10(17)13(20-12)19-11-4-3-7(14)5-8(11)15/h3-6H,2H2,1H3,(H2,18,19,20). The van der Waals surface area contributed by atoms with Crippen molar-refractivity contribution in [1.29, 1.82) is 0 Å². The van der Waals surface area contributed by atoms with Crippen LogP contribution in [0.5, 0.6) is 0 Å². The van der Waals surface area contributed by atoms with Crippen LogP contribution < -0.4 is 10.6 Å². The quantitative estimate of drug-likeness (QED) is 0.723. The van der Waals surface area contributed by atoms with E-state index in [-0.39, 0.29) is 0 Å². The molecule has 106 valence electrons. The Morgan fingerprint density at radius 2 is 1.65 bits per heavy atom. The number of hydrogen-bond donors (Lipinski definition) is 2. The summed E-state index contributed by atoms with van der Waals surface area (Å²) in [7, 11) is 0. The molecule has 0 bridgehead atoms. The van der Waals surface area contributed by atoms with Crippen molar-refractivity contribution in [2.24, 2.45) is 0 Å². The average molecular weight is 351 g/mol. The Morgan fingerprint density at radius 3 is 2.30 bits per heavy atom. The molecule has 0 saturated carbocycles. The van der Waals surface area contributed by atoms with Crippen LogP contribution >= 0.6 is 46.4 Å². The van der Waals surface area contributed by atoms with Gasteiger partial charge < -0.3 is 10.6 Å². The van der Waals surface area contributed by atoms with Crippen LogP contribution in [0.2, 0.25) is 20.1 Å². The van der Waals surface area contributed by atoms with Crippen LogP contribution in [0.25, 0.3) is 0 Å². The molecule has 0 unspecified atom stereocenters. The number of nitrogens with zero attached hydrogens (tertiary/aromatic N) is 1. The molecule has 1 aromatic heterocycles. The van der Waals surface area contributed by atoms with Gasteiger partial charge in [0.05, 0.1) is 20.8 Å². The number of hydrogen-bond acceptors (Lipinski definition) is 3. The third-order valence-electron chi connectivity index (χ3n) is 2.46. The van der Waals surface area contributed by atoms with Gasteiger partial charge in [-0.2, -0.15) is 0 Å². The minimum Gasteiger partial charge on any atom is -0.369 e. The second kappa shape index (κ2) is 6.72. The normalized spacial score (nSPS) is 10.4. The van der Waals surface area contributed by atoms with E-state index in [4.69, 9.17) is 46.4 Å². The minimum atomic E-state index is 0.405. The molecule has 0 aliphatic heterocycles. The Hall–Kier alpha value is -0.870. The summed E-state index contributed by atoms with van der Waals surface area (Å²) in [5.41, 5.74) is 0.662. The van der Waals surface area contributed by atoms with Crippen LogP contribution in [0, 0.1) is 0 Å². The van der Waals surface area contributed by atoms with E-state index in [9.17, 15) is 0 Å². The first-order valence-corrected chi connectivity index (χ1v) is 7.34. The number of anilines is 3. The highest BCUT2D eigenvalue weighted by atomic mass is 35.5. The van der Waals surface area contributed by atoms with Gasteiger partial charge in [-0.05, 0) is 31.2 Å². The van der Waals surface area contributed by atoms with E-state index in [1.807, 2.05) is 6.92 Å². The lowest BCUT2D eigenvalue weighted by Gasteiger charge is -2.12. The first-order chi connectivity index (χ1) is 9.51. The van der Waals surface area contributed by atoms with Crippen LogP contribution in [-0.2, 0) is 0 Å². The fourth-order valence-corrected chi connectivity index (χ4v) is 2.49. The van der Waals surface area contributed by atoms with E-state index in [0.717, 1.165) is 0 Å². The molecule has 0 aliphatic rings. The van der Waals surface area contributed by atoms with E-state index in [1.165, 1.54) is 0 Å². The van der Waals surface area contributed by atoms with Gasteiger partial charge in [0.15, 0.2) is 5.82 Å². The number of pyridine rings is 1. The Labute approximate surface area is 137 Å². The summed E-state index contributed by atoms with van der Waals surface area (Å²) >= 11 is 24.1. The predicted molar refractivity (Wildman–Crippen MR) is 88.2 cm³/mol. The van der Waals surface area contributed by atoms with Crippen LogP contribution in [0.1, 0.15) is 6.92 Å². The molecule has 2 N–H and O–H groups in total. The van der Waals surface area contributed by atoms with Gasteiger partial charge in [-0.1, -0.05) is 46.4 Å². The predicted octanol–water partition coefficient (Wildman–Crippen LogP) is 5.87. The SMILES string of the molecule is CCNc1nc(Nc2ccc(Cl)cc2Cl)c(Cl)cc1Cl. The van der Waals surface area contributed by atoms with E-state index >= 15 is 0 Å². The summed E-state index contributed by atoms with van der Waals surface area (Å²) in [5, 5.41) is 8.03. The molecule has 1 heterocycles. The molecule has 0 spiro atoms. The van der Waals surface area contributed by atoms with Gasteiger partial charge in [0, 0.05) is 11.6 Å². The lowest BCUT2D eigenvalue weighted by Crippen LogP contribution is -2.03. The monoisotopic (exact) mass is 349 g/mol. The van der Waals surface area contributed by atoms with Crippen molar-refractivity contribution in [3.63, 3.8) is 0 Å². The summed E-state index contributed by atoms with van der Waals surface area (Å²) in [6.07, 6.45) is 0. The molecule has 0 fully saturated rings. The van der Waals surface area contributed by atoms with E-state index in [1.54, 1.807) is 24.3 Å². The Bertz CT molecular complexity index is 631. The molecule has 0 aliphatic carbocycles. The van der Waals surface area contributed by atoms with E-state index in [0.29, 0.717) is 44.0 Å². The first-order valence-electron chi connectivity index (χ1n) is 5.83. The van der Waals surface area contributed by atoms with Crippen molar-refractivity contribution >= 4 is 63.7 Å². The Kier molecular flexibility index (Phi) is 5.22. The molecule has 0 saturated heterocycles. The lowest BCUT2D eigenvalue weighted by atomic mass is 10.3. The number of rotatable bonds is 4. The fourth-order valence-electron chi connectivity index (χ4n) is 1.56. The van der Waals surface area contributed by atoms with Crippen molar-refractivity contribution in [3.8, 4) is 0 Å². The summed E-state index contributed by atoms with van der Waals surface area (Å²) < 4.78 is 0. The highest BCUT2D eigenvalue weighted by molar-refractivity contribution is 6.38. The maximum absolute atomic E-state index is 6.13. The second-order valence-corrected chi connectivity index (χ2v) is 5.59. The highest BCUT2D eigenvalue weighted by Crippen LogP contribution is 2.33. The van der Waals surface area contributed by atoms with Crippen LogP contribution in [0.4, 0.5) is 17.3 Å². The van der Waals surface area contributed by atoms with Gasteiger partial charge in [0.1, 0.15) is 5.82 Å². The molecule has 20 heavy (non-hydrogen) atoms. The first kappa shape index (κ1) is 15.5. The summed E-state index contributed by atoms with van der Waals surface area (Å²) in [6, 6.07) is 6.75. The summed E-state index contributed by atoms with van der Waals surface area (Å²) in [5.74, 6) is 1.03. The molecule has 0 amide bonds. The lowest BCUT2D eigenvalue weighted by molar-refractivity contribution is 1.16. The van der Waals surface area contributed by atoms with E-state index in [2.05, 4.69) is 15.6 Å². The molecular formula is C13H11Cl4N3. The maximum atomic E-state index is 6.13. The van der Waals surface area contributed by atoms with Crippen LogP contribution in [0.15, 0.2) is 24.3 Å². The number of aromatic nitrogens is 1. The Balaban J connectivity index is 2.35. The van der Waals surface area contributed by atoms with E-state index < -0.39 is 0 Å². The topological polar surface area (TPSA) is 37.0 Å². The number of halogens is 4. The molecule has 0 radical (unpaired) electrons. The van der Waals surface area contributed by atoms with Gasteiger partial charge in [-0.3, -0.25) is 0 Å². The minimum absolute atomic E-state index is 0.405. The largest absolute Gasteiger partial charge is 0.369 e. The molecule has 3 nitrogen and oxygen atoms in total. The zero-order chi connectivity index (χ0) is 14.7. The summed E-state index contributed by atoms with van der Waals surface area (Å²) in [6.45, 7) is 2.66. The third kappa shape index (κ3) is 3.61. The van der Waals surface area contributed by atoms with Gasteiger partial charge in [0.2, 0.25) is 0 Å².